The molecular formula is C23H26O7. The first kappa shape index (κ1) is 22.8. The molecule has 2 aromatic carbocycles. The highest BCUT2D eigenvalue weighted by molar-refractivity contribution is 6.08. The zero-order chi connectivity index (χ0) is 22.5. The zero-order valence-corrected chi connectivity index (χ0v) is 17.7. The van der Waals surface area contributed by atoms with E-state index in [-0.39, 0.29) is 22.8 Å². The van der Waals surface area contributed by atoms with Gasteiger partial charge in [0, 0.05) is 6.07 Å². The van der Waals surface area contributed by atoms with Gasteiger partial charge in [0.25, 0.3) is 0 Å². The second-order valence-electron chi connectivity index (χ2n) is 7.06. The zero-order valence-electron chi connectivity index (χ0n) is 17.7. The van der Waals surface area contributed by atoms with Crippen molar-refractivity contribution in [3.63, 3.8) is 0 Å². The van der Waals surface area contributed by atoms with Gasteiger partial charge in [0.2, 0.25) is 0 Å². The van der Waals surface area contributed by atoms with Gasteiger partial charge in [-0.1, -0.05) is 13.0 Å². The van der Waals surface area contributed by atoms with Gasteiger partial charge in [-0.2, -0.15) is 0 Å². The normalized spacial score (nSPS) is 11.4. The fraction of sp³-hybridized carbons (Fsp3) is 0.304. The van der Waals surface area contributed by atoms with E-state index in [1.165, 1.54) is 52.3 Å². The summed E-state index contributed by atoms with van der Waals surface area (Å²) >= 11 is 0. The fourth-order valence-electron chi connectivity index (χ4n) is 2.84. The molecule has 0 aliphatic carbocycles. The van der Waals surface area contributed by atoms with E-state index in [2.05, 4.69) is 4.74 Å². The predicted molar refractivity (Wildman–Crippen MR) is 112 cm³/mol. The summed E-state index contributed by atoms with van der Waals surface area (Å²) < 4.78 is 15.4. The number of phenols is 2. The van der Waals surface area contributed by atoms with Crippen LogP contribution in [0.1, 0.15) is 42.3 Å². The molecule has 2 rings (SSSR count). The number of hydrogen-bond acceptors (Lipinski definition) is 7. The number of allylic oxidation sites excluding steroid dienone is 1. The van der Waals surface area contributed by atoms with Crippen molar-refractivity contribution in [1.82, 2.24) is 0 Å². The maximum absolute atomic E-state index is 12.5. The molecule has 160 valence electrons. The molecule has 0 amide bonds. The molecule has 0 aromatic heterocycles. The van der Waals surface area contributed by atoms with Gasteiger partial charge in [0.05, 0.1) is 19.8 Å². The molecule has 2 N–H and O–H groups in total. The third kappa shape index (κ3) is 5.11. The highest BCUT2D eigenvalue weighted by Gasteiger charge is 2.31. The highest BCUT2D eigenvalue weighted by Crippen LogP contribution is 2.32. The number of aryl methyl sites for hydroxylation is 1. The van der Waals surface area contributed by atoms with Crippen LogP contribution >= 0.6 is 0 Å². The number of hydrogen-bond donors (Lipinski definition) is 2. The van der Waals surface area contributed by atoms with E-state index in [0.29, 0.717) is 23.3 Å². The topological polar surface area (TPSA) is 102 Å². The van der Waals surface area contributed by atoms with E-state index in [4.69, 9.17) is 9.47 Å². The van der Waals surface area contributed by atoms with Crippen molar-refractivity contribution in [2.75, 3.05) is 14.2 Å². The van der Waals surface area contributed by atoms with Gasteiger partial charge in [-0.3, -0.25) is 4.79 Å². The lowest BCUT2D eigenvalue weighted by atomic mass is 10.0. The Bertz CT molecular complexity index is 949. The van der Waals surface area contributed by atoms with E-state index >= 15 is 0 Å². The van der Waals surface area contributed by atoms with Crippen LogP contribution in [0.4, 0.5) is 0 Å². The number of phenolic OH excluding ortho intramolecular Hbond substituents is 2. The van der Waals surface area contributed by atoms with Crippen LogP contribution in [0.3, 0.4) is 0 Å². The van der Waals surface area contributed by atoms with Gasteiger partial charge in [-0.25, -0.2) is 4.79 Å². The Hall–Kier alpha value is -3.48. The Balaban J connectivity index is 2.23. The molecule has 0 atom stereocenters. The molecule has 7 heteroatoms. The van der Waals surface area contributed by atoms with Gasteiger partial charge in [-0.05, 0) is 61.7 Å². The summed E-state index contributed by atoms with van der Waals surface area (Å²) in [5, 5.41) is 20.3. The minimum absolute atomic E-state index is 0.0755. The molecule has 0 fully saturated rings. The minimum Gasteiger partial charge on any atom is -0.507 e. The lowest BCUT2D eigenvalue weighted by Gasteiger charge is -2.23. The van der Waals surface area contributed by atoms with E-state index < -0.39 is 17.4 Å². The number of benzene rings is 2. The summed E-state index contributed by atoms with van der Waals surface area (Å²) in [7, 11) is 2.71. The first-order valence-electron chi connectivity index (χ1n) is 9.35. The molecule has 0 aliphatic heterocycles. The second kappa shape index (κ2) is 9.35. The van der Waals surface area contributed by atoms with Crippen molar-refractivity contribution in [1.29, 1.82) is 0 Å². The van der Waals surface area contributed by atoms with Crippen molar-refractivity contribution in [2.24, 2.45) is 0 Å². The van der Waals surface area contributed by atoms with Crippen molar-refractivity contribution in [3.8, 4) is 23.0 Å². The van der Waals surface area contributed by atoms with Crippen LogP contribution in [0.5, 0.6) is 23.0 Å². The van der Waals surface area contributed by atoms with Crippen LogP contribution < -0.4 is 9.47 Å². The molecule has 30 heavy (non-hydrogen) atoms. The molecule has 0 saturated heterocycles. The molecule has 0 aliphatic rings. The number of carbonyl (C=O) groups excluding carboxylic acids is 2. The van der Waals surface area contributed by atoms with Crippen LogP contribution in [0.2, 0.25) is 0 Å². The van der Waals surface area contributed by atoms with Gasteiger partial charge in [-0.15, -0.1) is 0 Å². The summed E-state index contributed by atoms with van der Waals surface area (Å²) in [5.41, 5.74) is 0.200. The molecular weight excluding hydrogens is 388 g/mol. The molecule has 0 spiro atoms. The van der Waals surface area contributed by atoms with E-state index in [9.17, 15) is 19.8 Å². The molecule has 0 unspecified atom stereocenters. The van der Waals surface area contributed by atoms with Gasteiger partial charge in [0.1, 0.15) is 11.5 Å². The summed E-state index contributed by atoms with van der Waals surface area (Å²) in [5.74, 6) is -0.650. The summed E-state index contributed by atoms with van der Waals surface area (Å²) in [4.78, 5) is 24.3. The van der Waals surface area contributed by atoms with Crippen molar-refractivity contribution in [2.45, 2.75) is 32.8 Å². The van der Waals surface area contributed by atoms with Crippen LogP contribution in [0.15, 0.2) is 36.4 Å². The number of methoxy groups -OCH3 is 2. The Morgan fingerprint density at radius 1 is 1.10 bits per heavy atom. The Morgan fingerprint density at radius 2 is 1.80 bits per heavy atom. The number of esters is 1. The maximum Gasteiger partial charge on any atom is 0.349 e. The SMILES string of the molecule is CCc1cc(/C=C/C(=O)c2ccc(OC(C)(C)C(=O)OC)cc2O)cc(OC)c1O. The van der Waals surface area contributed by atoms with Crippen molar-refractivity contribution >= 4 is 17.8 Å². The lowest BCUT2D eigenvalue weighted by molar-refractivity contribution is -0.156. The average Bonchev–Trinajstić information content (AvgIpc) is 2.71. The van der Waals surface area contributed by atoms with Crippen LogP contribution in [0.25, 0.3) is 6.08 Å². The van der Waals surface area contributed by atoms with Crippen LogP contribution in [0, 0.1) is 0 Å². The number of carbonyl (C=O) groups is 2. The lowest BCUT2D eigenvalue weighted by Crippen LogP contribution is -2.39. The third-order valence-corrected chi connectivity index (χ3v) is 4.49. The molecule has 0 heterocycles. The van der Waals surface area contributed by atoms with Gasteiger partial charge < -0.3 is 24.4 Å². The molecule has 7 nitrogen and oxygen atoms in total. The van der Waals surface area contributed by atoms with Crippen molar-refractivity contribution in [3.05, 3.63) is 53.1 Å². The maximum atomic E-state index is 12.5. The number of aromatic hydroxyl groups is 2. The van der Waals surface area contributed by atoms with Crippen molar-refractivity contribution < 1.29 is 34.0 Å². The second-order valence-corrected chi connectivity index (χ2v) is 7.06. The van der Waals surface area contributed by atoms with E-state index in [0.717, 1.165) is 0 Å². The molecule has 2 aromatic rings. The number of ketones is 1. The average molecular weight is 414 g/mol. The Morgan fingerprint density at radius 3 is 2.37 bits per heavy atom. The standard InChI is InChI=1S/C23H26O7/c1-6-15-11-14(12-20(28-4)21(15)26)7-10-18(24)17-9-8-16(13-19(17)25)30-23(2,3)22(27)29-5/h7-13,25-26H,6H2,1-5H3/b10-7+. The fourth-order valence-corrected chi connectivity index (χ4v) is 2.84. The summed E-state index contributed by atoms with van der Waals surface area (Å²) in [6, 6.07) is 7.55. The monoisotopic (exact) mass is 414 g/mol. The molecule has 0 bridgehead atoms. The Kier molecular flexibility index (Phi) is 7.10. The molecule has 0 radical (unpaired) electrons. The van der Waals surface area contributed by atoms with Gasteiger partial charge in [0.15, 0.2) is 22.9 Å². The summed E-state index contributed by atoms with van der Waals surface area (Å²) in [6.07, 6.45) is 3.49. The van der Waals surface area contributed by atoms with Gasteiger partial charge >= 0.3 is 5.97 Å². The highest BCUT2D eigenvalue weighted by atomic mass is 16.6. The Labute approximate surface area is 175 Å². The smallest absolute Gasteiger partial charge is 0.349 e. The number of rotatable bonds is 8. The summed E-state index contributed by atoms with van der Waals surface area (Å²) in [6.45, 7) is 4.97. The first-order chi connectivity index (χ1) is 14.1. The predicted octanol–water partition coefficient (Wildman–Crippen LogP) is 3.90. The first-order valence-corrected chi connectivity index (χ1v) is 9.35. The quantitative estimate of drug-likeness (QED) is 0.384. The number of ether oxygens (including phenoxy) is 3. The van der Waals surface area contributed by atoms with E-state index in [1.54, 1.807) is 18.2 Å². The van der Waals surface area contributed by atoms with Crippen LogP contribution in [-0.4, -0.2) is 41.8 Å². The minimum atomic E-state index is -1.25. The largest absolute Gasteiger partial charge is 0.507 e. The third-order valence-electron chi connectivity index (χ3n) is 4.49. The van der Waals surface area contributed by atoms with E-state index in [1.807, 2.05) is 6.92 Å². The van der Waals surface area contributed by atoms with Crippen LogP contribution in [-0.2, 0) is 16.0 Å². The molecule has 0 saturated carbocycles.